The zero-order valence-electron chi connectivity index (χ0n) is 25.2. The van der Waals surface area contributed by atoms with Gasteiger partial charge in [-0.15, -0.1) is 0 Å². The Morgan fingerprint density at radius 2 is 1.62 bits per heavy atom. The van der Waals surface area contributed by atoms with Gasteiger partial charge in [0.05, 0.1) is 35.7 Å². The Balaban J connectivity index is 1.22. The van der Waals surface area contributed by atoms with Gasteiger partial charge < -0.3 is 21.1 Å². The van der Waals surface area contributed by atoms with Crippen molar-refractivity contribution < 1.29 is 29.1 Å². The van der Waals surface area contributed by atoms with Gasteiger partial charge >= 0.3 is 5.97 Å². The summed E-state index contributed by atoms with van der Waals surface area (Å²) >= 11 is 0. The molecular weight excluding hydrogens is 576 g/mol. The topological polar surface area (TPSA) is 152 Å². The number of likely N-dealkylation sites (N-methyl/N-ethyl adjacent to an activating group) is 1. The number of carboxylic acid groups (broad SMARTS) is 1. The number of hydrogen-bond donors (Lipinski definition) is 5. The van der Waals surface area contributed by atoms with Gasteiger partial charge in [0.1, 0.15) is 0 Å². The van der Waals surface area contributed by atoms with Gasteiger partial charge in [-0.05, 0) is 54.4 Å². The molecule has 5 rings (SSSR count). The molecule has 3 aromatic rings. The van der Waals surface area contributed by atoms with Crippen LogP contribution < -0.4 is 21.4 Å². The first kappa shape index (κ1) is 31.4. The minimum atomic E-state index is -1.06. The molecule has 0 aliphatic carbocycles. The van der Waals surface area contributed by atoms with Crippen LogP contribution in [0.15, 0.2) is 66.7 Å². The predicted octanol–water partition coefficient (Wildman–Crippen LogP) is 2.65. The molecule has 45 heavy (non-hydrogen) atoms. The van der Waals surface area contributed by atoms with Crippen LogP contribution in [0.25, 0.3) is 11.3 Å². The van der Waals surface area contributed by atoms with Gasteiger partial charge in [0, 0.05) is 56.6 Å². The molecule has 12 nitrogen and oxygen atoms in total. The highest BCUT2D eigenvalue weighted by Gasteiger charge is 2.30. The number of benzene rings is 3. The number of carboxylic acids is 1. The van der Waals surface area contributed by atoms with Gasteiger partial charge in [-0.2, -0.15) is 0 Å². The molecular formula is C33H36N6O6. The Kier molecular flexibility index (Phi) is 9.88. The minimum absolute atomic E-state index is 0.00615. The second-order valence-corrected chi connectivity index (χ2v) is 10.9. The summed E-state index contributed by atoms with van der Waals surface area (Å²) in [6.45, 7) is 6.31. The molecule has 2 heterocycles. The molecule has 234 valence electrons. The molecule has 12 heteroatoms. The molecule has 0 radical (unpaired) electrons. The van der Waals surface area contributed by atoms with Crippen molar-refractivity contribution in [2.24, 2.45) is 0 Å². The lowest BCUT2D eigenvalue weighted by Gasteiger charge is -2.33. The first-order valence-electron chi connectivity index (χ1n) is 14.7. The van der Waals surface area contributed by atoms with Crippen LogP contribution in [0, 0.1) is 6.92 Å². The maximum absolute atomic E-state index is 13.2. The lowest BCUT2D eigenvalue weighted by molar-refractivity contribution is -0.122. The SMILES string of the molecule is CNC(=O)CN1CCN(CCONC(=O)c2ccc(NC(=C3C(=O)Nc4cc(C(=O)O)c(C)cc43)c3ccccc3)cc2)CC1. The fourth-order valence-electron chi connectivity index (χ4n) is 5.34. The molecule has 3 amide bonds. The van der Waals surface area contributed by atoms with Crippen LogP contribution in [-0.4, -0.2) is 91.5 Å². The number of aryl methyl sites for hydroxylation is 1. The van der Waals surface area contributed by atoms with Crippen LogP contribution in [-0.2, 0) is 14.4 Å². The molecule has 0 unspecified atom stereocenters. The lowest BCUT2D eigenvalue weighted by Crippen LogP contribution is -2.50. The average molecular weight is 613 g/mol. The van der Waals surface area contributed by atoms with Crippen molar-refractivity contribution in [1.29, 1.82) is 0 Å². The number of carbonyl (C=O) groups is 4. The van der Waals surface area contributed by atoms with E-state index in [0.29, 0.717) is 59.0 Å². The van der Waals surface area contributed by atoms with E-state index in [1.54, 1.807) is 44.3 Å². The molecule has 2 aliphatic heterocycles. The quantitative estimate of drug-likeness (QED) is 0.125. The summed E-state index contributed by atoms with van der Waals surface area (Å²) in [4.78, 5) is 58.9. The van der Waals surface area contributed by atoms with Crippen molar-refractivity contribution in [3.05, 3.63) is 94.5 Å². The summed E-state index contributed by atoms with van der Waals surface area (Å²) in [5.41, 5.74) is 6.94. The third-order valence-electron chi connectivity index (χ3n) is 7.85. The first-order valence-corrected chi connectivity index (χ1v) is 14.7. The number of carbonyl (C=O) groups excluding carboxylic acids is 3. The molecule has 0 bridgehead atoms. The fraction of sp³-hybridized carbons (Fsp3) is 0.273. The number of fused-ring (bicyclic) bond motifs is 1. The number of hydroxylamine groups is 1. The molecule has 5 N–H and O–H groups in total. The van der Waals surface area contributed by atoms with Crippen LogP contribution in [0.4, 0.5) is 11.4 Å². The molecule has 0 saturated carbocycles. The number of amides is 3. The summed E-state index contributed by atoms with van der Waals surface area (Å²) in [7, 11) is 1.63. The number of rotatable bonds is 11. The second-order valence-electron chi connectivity index (χ2n) is 10.9. The highest BCUT2D eigenvalue weighted by molar-refractivity contribution is 6.37. The van der Waals surface area contributed by atoms with E-state index in [-0.39, 0.29) is 23.3 Å². The van der Waals surface area contributed by atoms with Crippen LogP contribution >= 0.6 is 0 Å². The van der Waals surface area contributed by atoms with E-state index in [0.717, 1.165) is 31.7 Å². The van der Waals surface area contributed by atoms with Crippen molar-refractivity contribution >= 4 is 46.3 Å². The van der Waals surface area contributed by atoms with E-state index in [9.17, 15) is 24.3 Å². The molecule has 1 fully saturated rings. The molecule has 2 aliphatic rings. The summed E-state index contributed by atoms with van der Waals surface area (Å²) in [5, 5.41) is 18.3. The summed E-state index contributed by atoms with van der Waals surface area (Å²) in [6.07, 6.45) is 0. The van der Waals surface area contributed by atoms with Crippen LogP contribution in [0.1, 0.15) is 37.4 Å². The highest BCUT2D eigenvalue weighted by Crippen LogP contribution is 2.39. The van der Waals surface area contributed by atoms with Gasteiger partial charge in [0.15, 0.2) is 0 Å². The summed E-state index contributed by atoms with van der Waals surface area (Å²) in [6, 6.07) is 19.3. The highest BCUT2D eigenvalue weighted by atomic mass is 16.7. The van der Waals surface area contributed by atoms with Crippen LogP contribution in [0.2, 0.25) is 0 Å². The maximum atomic E-state index is 13.2. The van der Waals surface area contributed by atoms with E-state index in [4.69, 9.17) is 4.84 Å². The van der Waals surface area contributed by atoms with Crippen LogP contribution in [0.3, 0.4) is 0 Å². The Bertz CT molecular complexity index is 1610. The second kappa shape index (κ2) is 14.2. The fourth-order valence-corrected chi connectivity index (χ4v) is 5.34. The zero-order valence-corrected chi connectivity index (χ0v) is 25.2. The zero-order chi connectivity index (χ0) is 31.9. The minimum Gasteiger partial charge on any atom is -0.478 e. The van der Waals surface area contributed by atoms with Crippen molar-refractivity contribution in [2.75, 3.05) is 63.6 Å². The number of piperazine rings is 1. The van der Waals surface area contributed by atoms with E-state index in [1.807, 2.05) is 30.3 Å². The Morgan fingerprint density at radius 1 is 0.933 bits per heavy atom. The molecule has 3 aromatic carbocycles. The summed E-state index contributed by atoms with van der Waals surface area (Å²) in [5.74, 6) is -1.79. The van der Waals surface area contributed by atoms with E-state index < -0.39 is 5.97 Å². The third-order valence-corrected chi connectivity index (χ3v) is 7.85. The van der Waals surface area contributed by atoms with Gasteiger partial charge in [0.25, 0.3) is 11.8 Å². The van der Waals surface area contributed by atoms with E-state index >= 15 is 0 Å². The number of nitrogens with one attached hydrogen (secondary N) is 4. The van der Waals surface area contributed by atoms with Crippen molar-refractivity contribution in [3.63, 3.8) is 0 Å². The van der Waals surface area contributed by atoms with Gasteiger partial charge in [-0.25, -0.2) is 10.3 Å². The Hall–Kier alpha value is -5.04. The Labute approximate surface area is 261 Å². The number of hydrogen-bond acceptors (Lipinski definition) is 8. The van der Waals surface area contributed by atoms with Crippen molar-refractivity contribution in [1.82, 2.24) is 20.6 Å². The third kappa shape index (κ3) is 7.55. The van der Waals surface area contributed by atoms with Crippen LogP contribution in [0.5, 0.6) is 0 Å². The van der Waals surface area contributed by atoms with Crippen molar-refractivity contribution in [3.8, 4) is 0 Å². The smallest absolute Gasteiger partial charge is 0.336 e. The normalized spacial score (nSPS) is 16.0. The Morgan fingerprint density at radius 3 is 2.29 bits per heavy atom. The number of nitrogens with zero attached hydrogens (tertiary/aromatic N) is 2. The molecule has 1 saturated heterocycles. The standard InChI is InChI=1S/C33H36N6O6/c1-21-18-26-27(19-25(21)33(43)44)36-32(42)29(26)30(22-6-4-3-5-7-22)35-24-10-8-23(9-11-24)31(41)37-45-17-16-38-12-14-39(15-13-38)20-28(40)34-2/h3-11,18-19,35H,12-17,20H2,1-2H3,(H,34,40)(H,36,42)(H,37,41)(H,43,44). The molecule has 0 aromatic heterocycles. The predicted molar refractivity (Wildman–Crippen MR) is 170 cm³/mol. The average Bonchev–Trinajstić information content (AvgIpc) is 3.36. The van der Waals surface area contributed by atoms with Gasteiger partial charge in [0.2, 0.25) is 5.91 Å². The summed E-state index contributed by atoms with van der Waals surface area (Å²) < 4.78 is 0. The largest absolute Gasteiger partial charge is 0.478 e. The van der Waals surface area contributed by atoms with E-state index in [1.165, 1.54) is 6.07 Å². The number of aromatic carboxylic acids is 1. The monoisotopic (exact) mass is 612 g/mol. The van der Waals surface area contributed by atoms with Gasteiger partial charge in [-0.3, -0.25) is 29.0 Å². The first-order chi connectivity index (χ1) is 21.7. The molecule has 0 atom stereocenters. The number of anilines is 2. The maximum Gasteiger partial charge on any atom is 0.336 e. The van der Waals surface area contributed by atoms with E-state index in [2.05, 4.69) is 31.2 Å². The lowest BCUT2D eigenvalue weighted by atomic mass is 9.96. The van der Waals surface area contributed by atoms with Gasteiger partial charge in [-0.1, -0.05) is 30.3 Å². The molecule has 0 spiro atoms. The van der Waals surface area contributed by atoms with Crippen molar-refractivity contribution in [2.45, 2.75) is 6.92 Å².